The van der Waals surface area contributed by atoms with Crippen molar-refractivity contribution < 1.29 is 9.59 Å². The van der Waals surface area contributed by atoms with Crippen LogP contribution >= 0.6 is 0 Å². The van der Waals surface area contributed by atoms with Crippen molar-refractivity contribution in [2.75, 3.05) is 7.05 Å². The third-order valence-electron chi connectivity index (χ3n) is 7.73. The van der Waals surface area contributed by atoms with Gasteiger partial charge in [0.05, 0.1) is 0 Å². The van der Waals surface area contributed by atoms with E-state index in [1.807, 2.05) is 25.8 Å². The van der Waals surface area contributed by atoms with Crippen LogP contribution in [0.4, 0.5) is 0 Å². The highest BCUT2D eigenvalue weighted by atomic mass is 16.2. The topological polar surface area (TPSA) is 37.4 Å². The molecule has 4 rings (SSSR count). The van der Waals surface area contributed by atoms with Crippen molar-refractivity contribution in [1.82, 2.24) is 4.90 Å². The van der Waals surface area contributed by atoms with Gasteiger partial charge in [0.2, 0.25) is 5.91 Å². The van der Waals surface area contributed by atoms with Gasteiger partial charge >= 0.3 is 0 Å². The van der Waals surface area contributed by atoms with Gasteiger partial charge in [-0.2, -0.15) is 0 Å². The summed E-state index contributed by atoms with van der Waals surface area (Å²) in [4.78, 5) is 26.4. The van der Waals surface area contributed by atoms with Crippen molar-refractivity contribution in [2.24, 2.45) is 28.6 Å². The van der Waals surface area contributed by atoms with E-state index in [9.17, 15) is 9.59 Å². The molecule has 0 aromatic heterocycles. The van der Waals surface area contributed by atoms with Gasteiger partial charge in [0.25, 0.3) is 0 Å². The number of carbonyl (C=O) groups is 2. The summed E-state index contributed by atoms with van der Waals surface area (Å²) >= 11 is 0. The monoisotopic (exact) mass is 331 g/mol. The van der Waals surface area contributed by atoms with Crippen LogP contribution in [-0.2, 0) is 9.59 Å². The number of Topliss-reactive ketones (excluding diaryl/α,β-unsaturated/α-hetero) is 1. The van der Waals surface area contributed by atoms with Gasteiger partial charge in [-0.05, 0) is 49.9 Å². The molecule has 1 heterocycles. The maximum atomic E-state index is 12.4. The molecular formula is C21H33NO2. The summed E-state index contributed by atoms with van der Waals surface area (Å²) in [5, 5.41) is 0. The predicted octanol–water partition coefficient (Wildman–Crippen LogP) is 4.57. The highest BCUT2D eigenvalue weighted by Crippen LogP contribution is 2.63. The Morgan fingerprint density at radius 2 is 1.67 bits per heavy atom. The van der Waals surface area contributed by atoms with Gasteiger partial charge < -0.3 is 4.90 Å². The predicted molar refractivity (Wildman–Crippen MR) is 96.2 cm³/mol. The number of piperidine rings is 1. The minimum Gasteiger partial charge on any atom is -0.319 e. The van der Waals surface area contributed by atoms with E-state index in [4.69, 9.17) is 0 Å². The Balaban J connectivity index is 0.000000815. The maximum Gasteiger partial charge on any atom is 0.226 e. The molecular weight excluding hydrogens is 298 g/mol. The quantitative estimate of drug-likeness (QED) is 0.652. The van der Waals surface area contributed by atoms with Crippen LogP contribution in [0.2, 0.25) is 0 Å². The molecule has 0 spiro atoms. The van der Waals surface area contributed by atoms with Gasteiger partial charge in [0.15, 0.2) is 0 Å². The molecule has 3 fully saturated rings. The van der Waals surface area contributed by atoms with Gasteiger partial charge in [0, 0.05) is 36.4 Å². The average molecular weight is 332 g/mol. The average Bonchev–Trinajstić information content (AvgIpc) is 2.89. The van der Waals surface area contributed by atoms with E-state index < -0.39 is 0 Å². The number of hydrogen-bond donors (Lipinski definition) is 0. The van der Waals surface area contributed by atoms with Gasteiger partial charge in [-0.15, -0.1) is 0 Å². The number of likely N-dealkylation sites (tertiary alicyclic amines) is 1. The number of hydrogen-bond acceptors (Lipinski definition) is 2. The lowest BCUT2D eigenvalue weighted by molar-refractivity contribution is -0.137. The van der Waals surface area contributed by atoms with Gasteiger partial charge in [0.1, 0.15) is 5.78 Å². The normalized spacial score (nSPS) is 44.0. The number of ketones is 1. The number of allylic oxidation sites excluding steroid dienone is 2. The largest absolute Gasteiger partial charge is 0.319 e. The Morgan fingerprint density at radius 3 is 2.38 bits per heavy atom. The number of carbonyl (C=O) groups excluding carboxylic acids is 2. The van der Waals surface area contributed by atoms with Crippen LogP contribution in [0.5, 0.6) is 0 Å². The molecule has 1 saturated heterocycles. The molecule has 3 aliphatic carbocycles. The van der Waals surface area contributed by atoms with Gasteiger partial charge in [-0.3, -0.25) is 9.59 Å². The standard InChI is InChI=1S/C19H27NO2.C2H6/c1-18-11-9-17(22)20(3)15(18)6-4-12-13-5-7-16(21)19(13,2)10-8-14(12)18;1-2/h6,12-14H,4-5,7-11H2,1-3H3;1-2H3. The van der Waals surface area contributed by atoms with E-state index in [1.165, 1.54) is 5.70 Å². The van der Waals surface area contributed by atoms with E-state index in [2.05, 4.69) is 19.9 Å². The highest BCUT2D eigenvalue weighted by Gasteiger charge is 2.59. The zero-order valence-electron chi connectivity index (χ0n) is 16.0. The second-order valence-corrected chi connectivity index (χ2v) is 8.49. The minimum atomic E-state index is -0.0563. The summed E-state index contributed by atoms with van der Waals surface area (Å²) in [5.41, 5.74) is 1.34. The first-order chi connectivity index (χ1) is 11.4. The van der Waals surface area contributed by atoms with E-state index in [0.29, 0.717) is 30.0 Å². The van der Waals surface area contributed by atoms with Crippen LogP contribution < -0.4 is 0 Å². The number of rotatable bonds is 0. The first-order valence-corrected chi connectivity index (χ1v) is 9.88. The third-order valence-corrected chi connectivity index (χ3v) is 7.73. The van der Waals surface area contributed by atoms with E-state index in [0.717, 1.165) is 38.5 Å². The van der Waals surface area contributed by atoms with Crippen molar-refractivity contribution in [3.63, 3.8) is 0 Å². The molecule has 24 heavy (non-hydrogen) atoms. The van der Waals surface area contributed by atoms with Gasteiger partial charge in [-0.1, -0.05) is 33.8 Å². The Bertz CT molecular complexity index is 580. The molecule has 5 atom stereocenters. The second kappa shape index (κ2) is 6.00. The lowest BCUT2D eigenvalue weighted by Gasteiger charge is -2.57. The van der Waals surface area contributed by atoms with Crippen LogP contribution in [0.25, 0.3) is 0 Å². The summed E-state index contributed by atoms with van der Waals surface area (Å²) in [7, 11) is 1.94. The molecule has 0 aromatic rings. The fraction of sp³-hybridized carbons (Fsp3) is 0.810. The Kier molecular flexibility index (Phi) is 4.42. The second-order valence-electron chi connectivity index (χ2n) is 8.49. The fourth-order valence-corrected chi connectivity index (χ4v) is 6.35. The smallest absolute Gasteiger partial charge is 0.226 e. The van der Waals surface area contributed by atoms with Crippen molar-refractivity contribution in [2.45, 2.75) is 72.6 Å². The molecule has 3 heteroatoms. The van der Waals surface area contributed by atoms with Crippen LogP contribution in [0, 0.1) is 28.6 Å². The maximum absolute atomic E-state index is 12.4. The highest BCUT2D eigenvalue weighted by molar-refractivity contribution is 5.87. The van der Waals surface area contributed by atoms with E-state index >= 15 is 0 Å². The molecule has 4 aliphatic rings. The van der Waals surface area contributed by atoms with Crippen LogP contribution in [0.1, 0.15) is 72.6 Å². The van der Waals surface area contributed by atoms with E-state index in [1.54, 1.807) is 0 Å². The summed E-state index contributed by atoms with van der Waals surface area (Å²) in [6.45, 7) is 8.60. The summed E-state index contributed by atoms with van der Waals surface area (Å²) in [6.07, 6.45) is 9.13. The molecule has 1 amide bonds. The van der Waals surface area contributed by atoms with Crippen molar-refractivity contribution in [1.29, 1.82) is 0 Å². The Morgan fingerprint density at radius 1 is 1.00 bits per heavy atom. The zero-order chi connectivity index (χ0) is 17.7. The summed E-state index contributed by atoms with van der Waals surface area (Å²) < 4.78 is 0. The first kappa shape index (κ1) is 17.7. The summed E-state index contributed by atoms with van der Waals surface area (Å²) in [6, 6.07) is 0. The molecule has 134 valence electrons. The van der Waals surface area contributed by atoms with Crippen LogP contribution in [0.15, 0.2) is 11.8 Å². The SMILES string of the molecule is CC.CN1C(=O)CCC2(C)C1=CCC1C3CCC(=O)C3(C)CCC12. The van der Waals surface area contributed by atoms with Crippen molar-refractivity contribution >= 4 is 11.7 Å². The number of amides is 1. The lowest BCUT2D eigenvalue weighted by atomic mass is 9.50. The van der Waals surface area contributed by atoms with E-state index in [-0.39, 0.29) is 16.7 Å². The summed E-state index contributed by atoms with van der Waals surface area (Å²) in [5.74, 6) is 2.62. The van der Waals surface area contributed by atoms with Crippen molar-refractivity contribution in [3.05, 3.63) is 11.8 Å². The third kappa shape index (κ3) is 2.23. The van der Waals surface area contributed by atoms with Gasteiger partial charge in [-0.25, -0.2) is 0 Å². The molecule has 0 bridgehead atoms. The Labute approximate surface area is 146 Å². The molecule has 0 radical (unpaired) electrons. The molecule has 5 unspecified atom stereocenters. The number of nitrogens with zero attached hydrogens (tertiary/aromatic N) is 1. The molecule has 0 aromatic carbocycles. The van der Waals surface area contributed by atoms with Crippen LogP contribution in [-0.4, -0.2) is 23.6 Å². The fourth-order valence-electron chi connectivity index (χ4n) is 6.35. The molecule has 3 nitrogen and oxygen atoms in total. The molecule has 2 saturated carbocycles. The lowest BCUT2D eigenvalue weighted by Crippen LogP contribution is -2.53. The van der Waals surface area contributed by atoms with Crippen molar-refractivity contribution in [3.8, 4) is 0 Å². The number of fused-ring (bicyclic) bond motifs is 5. The Hall–Kier alpha value is -1.12. The first-order valence-electron chi connectivity index (χ1n) is 9.88. The minimum absolute atomic E-state index is 0.0563. The zero-order valence-corrected chi connectivity index (χ0v) is 16.0. The molecule has 0 N–H and O–H groups in total. The molecule has 1 aliphatic heterocycles. The van der Waals surface area contributed by atoms with Crippen LogP contribution in [0.3, 0.4) is 0 Å².